The molecular weight excluding hydrogens is 273 g/mol. The second kappa shape index (κ2) is 6.20. The number of likely N-dealkylation sites (tertiary alicyclic amines) is 1. The second-order valence-electron chi connectivity index (χ2n) is 5.54. The van der Waals surface area contributed by atoms with Crippen LogP contribution in [0.15, 0.2) is 18.5 Å². The molecule has 114 valence electrons. The molecular formula is C15H20FN3O2. The van der Waals surface area contributed by atoms with Crippen LogP contribution in [0, 0.1) is 11.2 Å². The van der Waals surface area contributed by atoms with E-state index >= 15 is 0 Å². The van der Waals surface area contributed by atoms with Crippen molar-refractivity contribution in [3.05, 3.63) is 29.8 Å². The largest absolute Gasteiger partial charge is 0.369 e. The summed E-state index contributed by atoms with van der Waals surface area (Å²) in [7, 11) is 0. The van der Waals surface area contributed by atoms with Crippen LogP contribution in [-0.2, 0) is 4.79 Å². The molecule has 0 aromatic carbocycles. The summed E-state index contributed by atoms with van der Waals surface area (Å²) in [6.45, 7) is 2.85. The zero-order valence-corrected chi connectivity index (χ0v) is 12.1. The summed E-state index contributed by atoms with van der Waals surface area (Å²) in [6.07, 6.45) is 5.10. The molecule has 1 aromatic heterocycles. The smallest absolute Gasteiger partial charge is 0.256 e. The molecule has 1 fully saturated rings. The van der Waals surface area contributed by atoms with Crippen molar-refractivity contribution in [2.45, 2.75) is 32.6 Å². The van der Waals surface area contributed by atoms with Crippen LogP contribution in [-0.4, -0.2) is 34.8 Å². The molecule has 1 aromatic rings. The van der Waals surface area contributed by atoms with E-state index in [4.69, 9.17) is 5.73 Å². The molecule has 21 heavy (non-hydrogen) atoms. The van der Waals surface area contributed by atoms with Crippen LogP contribution < -0.4 is 5.73 Å². The minimum absolute atomic E-state index is 0.0204. The van der Waals surface area contributed by atoms with Crippen molar-refractivity contribution in [3.8, 4) is 0 Å². The predicted octanol–water partition coefficient (Wildman–Crippen LogP) is 1.73. The number of rotatable bonds is 4. The first-order valence-electron chi connectivity index (χ1n) is 7.19. The molecule has 1 aliphatic heterocycles. The van der Waals surface area contributed by atoms with E-state index in [1.54, 1.807) is 4.90 Å². The number of nitrogens with zero attached hydrogens (tertiary/aromatic N) is 2. The maximum Gasteiger partial charge on any atom is 0.256 e. The highest BCUT2D eigenvalue weighted by Gasteiger charge is 2.40. The van der Waals surface area contributed by atoms with Gasteiger partial charge in [-0.15, -0.1) is 0 Å². The third-order valence-electron chi connectivity index (χ3n) is 4.26. The van der Waals surface area contributed by atoms with Gasteiger partial charge in [0.05, 0.1) is 17.2 Å². The van der Waals surface area contributed by atoms with Crippen molar-refractivity contribution in [1.29, 1.82) is 0 Å². The van der Waals surface area contributed by atoms with Crippen molar-refractivity contribution >= 4 is 11.8 Å². The third kappa shape index (κ3) is 3.04. The van der Waals surface area contributed by atoms with Gasteiger partial charge in [0.25, 0.3) is 5.91 Å². The van der Waals surface area contributed by atoms with Gasteiger partial charge >= 0.3 is 0 Å². The maximum atomic E-state index is 13.6. The summed E-state index contributed by atoms with van der Waals surface area (Å²) >= 11 is 0. The number of halogens is 1. The van der Waals surface area contributed by atoms with Crippen molar-refractivity contribution in [3.63, 3.8) is 0 Å². The summed E-state index contributed by atoms with van der Waals surface area (Å²) in [5.41, 5.74) is 5.03. The normalized spacial score (nSPS) is 17.5. The van der Waals surface area contributed by atoms with E-state index in [-0.39, 0.29) is 17.4 Å². The van der Waals surface area contributed by atoms with E-state index in [0.29, 0.717) is 25.9 Å². The van der Waals surface area contributed by atoms with Gasteiger partial charge in [0, 0.05) is 19.3 Å². The quantitative estimate of drug-likeness (QED) is 0.918. The van der Waals surface area contributed by atoms with Crippen LogP contribution in [0.4, 0.5) is 4.39 Å². The molecule has 0 unspecified atom stereocenters. The molecule has 2 N–H and O–H groups in total. The number of pyridine rings is 1. The molecule has 0 spiro atoms. The number of nitrogens with two attached hydrogens (primary N) is 1. The van der Waals surface area contributed by atoms with Crippen molar-refractivity contribution in [1.82, 2.24) is 9.88 Å². The Morgan fingerprint density at radius 2 is 2.10 bits per heavy atom. The van der Waals surface area contributed by atoms with E-state index in [1.807, 2.05) is 6.92 Å². The molecule has 0 bridgehead atoms. The van der Waals surface area contributed by atoms with Crippen LogP contribution in [0.2, 0.25) is 0 Å². The van der Waals surface area contributed by atoms with E-state index in [0.717, 1.165) is 19.0 Å². The predicted molar refractivity (Wildman–Crippen MR) is 75.9 cm³/mol. The number of hydrogen-bond donors (Lipinski definition) is 1. The van der Waals surface area contributed by atoms with E-state index in [9.17, 15) is 14.0 Å². The summed E-state index contributed by atoms with van der Waals surface area (Å²) in [4.78, 5) is 29.2. The van der Waals surface area contributed by atoms with Gasteiger partial charge in [-0.05, 0) is 25.3 Å². The monoisotopic (exact) mass is 293 g/mol. The number of hydrogen-bond acceptors (Lipinski definition) is 3. The Morgan fingerprint density at radius 3 is 2.62 bits per heavy atom. The molecule has 0 aliphatic carbocycles. The number of amides is 2. The molecule has 1 saturated heterocycles. The van der Waals surface area contributed by atoms with Gasteiger partial charge in [-0.2, -0.15) is 0 Å². The fourth-order valence-corrected chi connectivity index (χ4v) is 2.95. The lowest BCUT2D eigenvalue weighted by atomic mass is 9.74. The van der Waals surface area contributed by atoms with Gasteiger partial charge in [0.1, 0.15) is 0 Å². The van der Waals surface area contributed by atoms with E-state index in [1.165, 1.54) is 12.3 Å². The Labute approximate surface area is 123 Å². The average Bonchev–Trinajstić information content (AvgIpc) is 2.48. The molecule has 0 atom stereocenters. The van der Waals surface area contributed by atoms with Crippen LogP contribution in [0.1, 0.15) is 43.0 Å². The molecule has 2 rings (SSSR count). The second-order valence-corrected chi connectivity index (χ2v) is 5.54. The van der Waals surface area contributed by atoms with Crippen molar-refractivity contribution < 1.29 is 14.0 Å². The van der Waals surface area contributed by atoms with Crippen LogP contribution in [0.25, 0.3) is 0 Å². The molecule has 6 heteroatoms. The number of carbonyl (C=O) groups is 2. The zero-order chi connectivity index (χ0) is 15.5. The molecule has 0 radical (unpaired) electrons. The summed E-state index contributed by atoms with van der Waals surface area (Å²) in [5, 5.41) is 0. The number of piperidine rings is 1. The van der Waals surface area contributed by atoms with Crippen molar-refractivity contribution in [2.75, 3.05) is 13.1 Å². The van der Waals surface area contributed by atoms with Gasteiger partial charge in [-0.25, -0.2) is 4.39 Å². The summed E-state index contributed by atoms with van der Waals surface area (Å²) < 4.78 is 13.6. The van der Waals surface area contributed by atoms with E-state index < -0.39 is 11.2 Å². The van der Waals surface area contributed by atoms with Gasteiger partial charge in [-0.1, -0.05) is 13.3 Å². The highest BCUT2D eigenvalue weighted by atomic mass is 19.1. The average molecular weight is 293 g/mol. The zero-order valence-electron chi connectivity index (χ0n) is 12.1. The molecule has 5 nitrogen and oxygen atoms in total. The highest BCUT2D eigenvalue weighted by molar-refractivity contribution is 5.94. The fourth-order valence-electron chi connectivity index (χ4n) is 2.95. The highest BCUT2D eigenvalue weighted by Crippen LogP contribution is 2.36. The topological polar surface area (TPSA) is 76.3 Å². The Balaban J connectivity index is 2.09. The van der Waals surface area contributed by atoms with Gasteiger partial charge in [-0.3, -0.25) is 14.6 Å². The van der Waals surface area contributed by atoms with Gasteiger partial charge in [0.2, 0.25) is 5.91 Å². The first-order valence-corrected chi connectivity index (χ1v) is 7.19. The lowest BCUT2D eigenvalue weighted by Gasteiger charge is -2.39. The summed E-state index contributed by atoms with van der Waals surface area (Å²) in [6, 6.07) is 1.37. The van der Waals surface area contributed by atoms with Gasteiger partial charge in [0.15, 0.2) is 5.82 Å². The van der Waals surface area contributed by atoms with E-state index in [2.05, 4.69) is 4.98 Å². The molecule has 2 heterocycles. The number of carbonyl (C=O) groups excluding carboxylic acids is 2. The lowest BCUT2D eigenvalue weighted by molar-refractivity contribution is -0.130. The van der Waals surface area contributed by atoms with Crippen LogP contribution >= 0.6 is 0 Å². The lowest BCUT2D eigenvalue weighted by Crippen LogP contribution is -2.48. The molecule has 1 aliphatic rings. The van der Waals surface area contributed by atoms with Crippen molar-refractivity contribution in [2.24, 2.45) is 11.1 Å². The Bertz CT molecular complexity index is 539. The molecule has 2 amide bonds. The van der Waals surface area contributed by atoms with Crippen LogP contribution in [0.3, 0.4) is 0 Å². The van der Waals surface area contributed by atoms with Gasteiger partial charge < -0.3 is 10.6 Å². The number of aromatic nitrogens is 1. The number of primary amides is 1. The first kappa shape index (κ1) is 15.4. The summed E-state index contributed by atoms with van der Waals surface area (Å²) in [5.74, 6) is -1.28. The minimum atomic E-state index is -0.622. The Morgan fingerprint density at radius 1 is 1.43 bits per heavy atom. The molecule has 0 saturated carbocycles. The Kier molecular flexibility index (Phi) is 4.55. The standard InChI is InChI=1S/C15H20FN3O2/c1-2-4-15(14(17)21)5-8-19(9-6-15)13(20)11-3-7-18-10-12(11)16/h3,7,10H,2,4-6,8-9H2,1H3,(H2,17,21). The first-order chi connectivity index (χ1) is 10.00. The Hall–Kier alpha value is -1.98. The minimum Gasteiger partial charge on any atom is -0.369 e. The van der Waals surface area contributed by atoms with Crippen LogP contribution in [0.5, 0.6) is 0 Å². The maximum absolute atomic E-state index is 13.6. The third-order valence-corrected chi connectivity index (χ3v) is 4.26. The fraction of sp³-hybridized carbons (Fsp3) is 0.533. The SMILES string of the molecule is CCCC1(C(N)=O)CCN(C(=O)c2ccncc2F)CC1.